The van der Waals surface area contributed by atoms with Crippen molar-refractivity contribution in [2.45, 2.75) is 129 Å². The second kappa shape index (κ2) is 26.1. The highest BCUT2D eigenvalue weighted by Crippen LogP contribution is 2.14. The molecule has 6 heteroatoms. The number of halogens is 1. The predicted molar refractivity (Wildman–Crippen MR) is 161 cm³/mol. The van der Waals surface area contributed by atoms with Crippen LogP contribution in [-0.4, -0.2) is 33.0 Å². The van der Waals surface area contributed by atoms with E-state index in [0.717, 1.165) is 19.6 Å². The molecule has 0 saturated heterocycles. The smallest absolute Gasteiger partial charge is 0.224 e. The van der Waals surface area contributed by atoms with E-state index in [1.54, 1.807) is 18.4 Å². The molecule has 4 nitrogen and oxygen atoms in total. The lowest BCUT2D eigenvalue weighted by atomic mass is 10.0. The van der Waals surface area contributed by atoms with Gasteiger partial charge in [0.05, 0.1) is 25.2 Å². The number of thiazole rings is 1. The number of nitrogens with zero attached hydrogens (tertiary/aromatic N) is 1. The lowest BCUT2D eigenvalue weighted by Crippen LogP contribution is -3.00. The highest BCUT2D eigenvalue weighted by Gasteiger charge is 2.11. The summed E-state index contributed by atoms with van der Waals surface area (Å²) in [6.45, 7) is 5.73. The van der Waals surface area contributed by atoms with Gasteiger partial charge in [-0.1, -0.05) is 139 Å². The Hall–Kier alpha value is -0.790. The first-order valence-electron chi connectivity index (χ1n) is 15.5. The Kier molecular flexibility index (Phi) is 24.3. The summed E-state index contributed by atoms with van der Waals surface area (Å²) >= 11 is 1.71. The van der Waals surface area contributed by atoms with Gasteiger partial charge >= 0.3 is 0 Å². The molecule has 1 heterocycles. The summed E-state index contributed by atoms with van der Waals surface area (Å²) in [6, 6.07) is 8.50. The maximum atomic E-state index is 6.01. The molecule has 0 fully saturated rings. The highest BCUT2D eigenvalue weighted by atomic mass is 79.9. The molecule has 0 spiro atoms. The molecule has 1 aromatic carbocycles. The molecular weight excluding hydrogens is 570 g/mol. The zero-order chi connectivity index (χ0) is 26.9. The number of hydrogen-bond acceptors (Lipinski definition) is 4. The molecule has 39 heavy (non-hydrogen) atoms. The first kappa shape index (κ1) is 36.2. The van der Waals surface area contributed by atoms with E-state index in [1.165, 1.54) is 107 Å². The van der Waals surface area contributed by atoms with Gasteiger partial charge in [0, 0.05) is 19.3 Å². The van der Waals surface area contributed by atoms with Gasteiger partial charge in [0.2, 0.25) is 5.51 Å². The average Bonchev–Trinajstić information content (AvgIpc) is 3.45. The lowest BCUT2D eigenvalue weighted by molar-refractivity contribution is -0.683. The molecule has 1 unspecified atom stereocenters. The Morgan fingerprint density at radius 3 is 1.79 bits per heavy atom. The van der Waals surface area contributed by atoms with E-state index < -0.39 is 0 Å². The van der Waals surface area contributed by atoms with Crippen LogP contribution < -0.4 is 21.5 Å². The minimum Gasteiger partial charge on any atom is -1.00 e. The Labute approximate surface area is 254 Å². The Balaban J connectivity index is 0.00000760. The van der Waals surface area contributed by atoms with E-state index in [1.807, 2.05) is 0 Å². The third-order valence-electron chi connectivity index (χ3n) is 7.34. The van der Waals surface area contributed by atoms with E-state index in [4.69, 9.17) is 14.2 Å². The first-order chi connectivity index (χ1) is 18.8. The second-order valence-corrected chi connectivity index (χ2v) is 11.5. The van der Waals surface area contributed by atoms with Gasteiger partial charge in [-0.3, -0.25) is 0 Å². The molecule has 224 valence electrons. The maximum absolute atomic E-state index is 6.01. The van der Waals surface area contributed by atoms with Crippen LogP contribution in [0.25, 0.3) is 0 Å². The van der Waals surface area contributed by atoms with Crippen LogP contribution in [-0.2, 0) is 27.4 Å². The van der Waals surface area contributed by atoms with Crippen molar-refractivity contribution in [3.63, 3.8) is 0 Å². The van der Waals surface area contributed by atoms with Crippen molar-refractivity contribution in [1.82, 2.24) is 0 Å². The van der Waals surface area contributed by atoms with Crippen molar-refractivity contribution < 1.29 is 35.8 Å². The number of hydrogen-bond donors (Lipinski definition) is 0. The Morgan fingerprint density at radius 2 is 1.26 bits per heavy atom. The Bertz CT molecular complexity index is 774. The fourth-order valence-corrected chi connectivity index (χ4v) is 5.45. The van der Waals surface area contributed by atoms with Gasteiger partial charge in [-0.2, -0.15) is 4.57 Å². The zero-order valence-corrected chi connectivity index (χ0v) is 27.3. The van der Waals surface area contributed by atoms with Gasteiger partial charge in [-0.05, 0) is 12.0 Å². The molecule has 2 rings (SSSR count). The van der Waals surface area contributed by atoms with Crippen molar-refractivity contribution in [3.05, 3.63) is 52.5 Å². The molecule has 1 atom stereocenters. The van der Waals surface area contributed by atoms with Crippen LogP contribution in [0.1, 0.15) is 121 Å². The molecule has 0 N–H and O–H groups in total. The maximum Gasteiger partial charge on any atom is 0.224 e. The van der Waals surface area contributed by atoms with Crippen LogP contribution in [0.4, 0.5) is 0 Å². The van der Waals surface area contributed by atoms with Crippen molar-refractivity contribution in [1.29, 1.82) is 0 Å². The van der Waals surface area contributed by atoms with Crippen LogP contribution in [0.15, 0.2) is 41.4 Å². The van der Waals surface area contributed by atoms with Gasteiger partial charge in [-0.25, -0.2) is 0 Å². The van der Waals surface area contributed by atoms with E-state index in [0.29, 0.717) is 19.8 Å². The summed E-state index contributed by atoms with van der Waals surface area (Å²) in [6.07, 6.45) is 24.4. The van der Waals surface area contributed by atoms with Crippen LogP contribution in [0.2, 0.25) is 0 Å². The van der Waals surface area contributed by atoms with E-state index >= 15 is 0 Å². The minimum atomic E-state index is -0.0190. The summed E-state index contributed by atoms with van der Waals surface area (Å²) in [7, 11) is 1.74. The fourth-order valence-electron chi connectivity index (χ4n) is 4.85. The third-order valence-corrected chi connectivity index (χ3v) is 8.01. The van der Waals surface area contributed by atoms with Crippen molar-refractivity contribution in [2.24, 2.45) is 0 Å². The van der Waals surface area contributed by atoms with E-state index in [2.05, 4.69) is 52.8 Å². The topological polar surface area (TPSA) is 31.6 Å². The van der Waals surface area contributed by atoms with Gasteiger partial charge in [0.25, 0.3) is 0 Å². The molecule has 0 radical (unpaired) electrons. The number of methoxy groups -OCH3 is 1. The number of benzene rings is 1. The van der Waals surface area contributed by atoms with Crippen molar-refractivity contribution >= 4 is 11.3 Å². The normalized spacial score (nSPS) is 11.9. The summed E-state index contributed by atoms with van der Waals surface area (Å²) in [5.41, 5.74) is 4.66. The van der Waals surface area contributed by atoms with Gasteiger partial charge in [0.1, 0.15) is 6.10 Å². The molecule has 1 aromatic heterocycles. The number of unbranched alkanes of at least 4 members (excludes halogenated alkanes) is 15. The number of aromatic nitrogens is 1. The monoisotopic (exact) mass is 625 g/mol. The summed E-state index contributed by atoms with van der Waals surface area (Å²) in [5, 5.41) is 2.10. The lowest BCUT2D eigenvalue weighted by Gasteiger charge is -2.16. The van der Waals surface area contributed by atoms with Crippen molar-refractivity contribution in [3.8, 4) is 0 Å². The molecular formula is C33H56BrNO3S. The standard InChI is InChI=1S/C33H56NO3S.BrH/c1-3-4-5-6-7-8-9-10-11-12-13-14-15-16-17-20-24-36-28-33(35-2)29-37-27-32-22-19-18-21-31(32)26-34-23-25-38-30-34;/h18-19,21-23,25,30,33H,3-17,20,24,26-29H2,1-2H3;1H/q+1;/p-1. The third kappa shape index (κ3) is 19.0. The molecule has 0 amide bonds. The van der Waals surface area contributed by atoms with E-state index in [-0.39, 0.29) is 23.1 Å². The number of ether oxygens (including phenoxy) is 3. The molecule has 0 bridgehead atoms. The zero-order valence-electron chi connectivity index (χ0n) is 24.9. The molecule has 0 aliphatic heterocycles. The summed E-state index contributed by atoms with van der Waals surface area (Å²) < 4.78 is 19.7. The number of rotatable bonds is 26. The van der Waals surface area contributed by atoms with Gasteiger partial charge < -0.3 is 31.2 Å². The van der Waals surface area contributed by atoms with Gasteiger partial charge in [0.15, 0.2) is 12.7 Å². The van der Waals surface area contributed by atoms with Gasteiger partial charge in [-0.15, -0.1) is 0 Å². The second-order valence-electron chi connectivity index (χ2n) is 10.7. The largest absolute Gasteiger partial charge is 1.00 e. The predicted octanol–water partition coefficient (Wildman–Crippen LogP) is 5.90. The van der Waals surface area contributed by atoms with Crippen molar-refractivity contribution in [2.75, 3.05) is 26.9 Å². The van der Waals surface area contributed by atoms with Crippen LogP contribution in [0.3, 0.4) is 0 Å². The Morgan fingerprint density at radius 1 is 0.718 bits per heavy atom. The molecule has 0 aliphatic carbocycles. The quantitative estimate of drug-likeness (QED) is 0.0964. The summed E-state index contributed by atoms with van der Waals surface area (Å²) in [4.78, 5) is 0. The molecule has 2 aromatic rings. The SMILES string of the molecule is CCCCCCCCCCCCCCCCCCOCC(COCc1ccccc1C[n+]1ccsc1)OC.[Br-]. The van der Waals surface area contributed by atoms with Crippen LogP contribution >= 0.6 is 11.3 Å². The fraction of sp³-hybridized carbons (Fsp3) is 0.727. The minimum absolute atomic E-state index is 0. The first-order valence-corrected chi connectivity index (χ1v) is 16.4. The van der Waals surface area contributed by atoms with E-state index in [9.17, 15) is 0 Å². The van der Waals surface area contributed by atoms with Crippen LogP contribution in [0.5, 0.6) is 0 Å². The highest BCUT2D eigenvalue weighted by molar-refractivity contribution is 7.07. The summed E-state index contributed by atoms with van der Waals surface area (Å²) in [5.74, 6) is 0. The average molecular weight is 627 g/mol. The molecule has 0 aliphatic rings. The molecule has 0 saturated carbocycles. The van der Waals surface area contributed by atoms with Crippen LogP contribution in [0, 0.1) is 0 Å².